The number of carbonyl (C=O) groups is 2. The summed E-state index contributed by atoms with van der Waals surface area (Å²) in [5, 5.41) is 4.47. The molecule has 0 spiro atoms. The van der Waals surface area contributed by atoms with Crippen LogP contribution in [0.25, 0.3) is 10.8 Å². The van der Waals surface area contributed by atoms with Crippen LogP contribution < -0.4 is 20.9 Å². The molecule has 0 heterocycles. The number of carbonyl (C=O) groups excluding carboxylic acids is 2. The summed E-state index contributed by atoms with van der Waals surface area (Å²) in [5.41, 5.74) is 6.39. The Balaban J connectivity index is 1.48. The summed E-state index contributed by atoms with van der Waals surface area (Å²) in [6.45, 7) is 1.66. The standard InChI is InChI=1S/C21H18BrN3O3S/c1-13-5-4-7-15(11-13)20(27)24-25-21(29)23-18(26)12-28-17-10-9-14-6-2-3-8-16(14)19(17)22/h2-11H,12H2,1H3,(H,24,27)(H2,23,25,26,29). The average molecular weight is 472 g/mol. The van der Waals surface area contributed by atoms with Gasteiger partial charge in [0.05, 0.1) is 4.47 Å². The molecule has 6 nitrogen and oxygen atoms in total. The molecule has 0 bridgehead atoms. The normalized spacial score (nSPS) is 10.3. The molecule has 3 aromatic rings. The molecule has 0 fully saturated rings. The first-order chi connectivity index (χ1) is 13.9. The molecule has 0 radical (unpaired) electrons. The Labute approximate surface area is 181 Å². The van der Waals surface area contributed by atoms with Crippen molar-refractivity contribution in [1.82, 2.24) is 16.2 Å². The summed E-state index contributed by atoms with van der Waals surface area (Å²) >= 11 is 8.53. The number of halogens is 1. The van der Waals surface area contributed by atoms with Gasteiger partial charge in [-0.3, -0.25) is 25.8 Å². The van der Waals surface area contributed by atoms with Gasteiger partial charge in [0.2, 0.25) is 0 Å². The Hall–Kier alpha value is -2.97. The Morgan fingerprint density at radius 3 is 2.62 bits per heavy atom. The van der Waals surface area contributed by atoms with E-state index in [1.165, 1.54) is 0 Å². The van der Waals surface area contributed by atoms with Gasteiger partial charge in [0, 0.05) is 5.56 Å². The van der Waals surface area contributed by atoms with Crippen molar-refractivity contribution in [2.75, 3.05) is 6.61 Å². The first-order valence-corrected chi connectivity index (χ1v) is 9.91. The molecule has 3 rings (SSSR count). The van der Waals surface area contributed by atoms with Crippen LogP contribution in [-0.2, 0) is 4.79 Å². The first kappa shape index (κ1) is 20.8. The molecule has 8 heteroatoms. The zero-order chi connectivity index (χ0) is 20.8. The summed E-state index contributed by atoms with van der Waals surface area (Å²) in [6.07, 6.45) is 0. The second kappa shape index (κ2) is 9.49. The molecule has 29 heavy (non-hydrogen) atoms. The molecule has 0 saturated heterocycles. The molecule has 0 aromatic heterocycles. The largest absolute Gasteiger partial charge is 0.483 e. The van der Waals surface area contributed by atoms with Crippen molar-refractivity contribution in [2.24, 2.45) is 0 Å². The predicted molar refractivity (Wildman–Crippen MR) is 120 cm³/mol. The number of hydrogen-bond acceptors (Lipinski definition) is 4. The molecule has 0 aliphatic carbocycles. The van der Waals surface area contributed by atoms with Gasteiger partial charge in [0.1, 0.15) is 5.75 Å². The fourth-order valence-electron chi connectivity index (χ4n) is 2.63. The van der Waals surface area contributed by atoms with Crippen molar-refractivity contribution >= 4 is 55.8 Å². The third-order valence-electron chi connectivity index (χ3n) is 4.01. The highest BCUT2D eigenvalue weighted by atomic mass is 79.9. The Kier molecular flexibility index (Phi) is 6.79. The third-order valence-corrected chi connectivity index (χ3v) is 5.03. The van der Waals surface area contributed by atoms with E-state index in [9.17, 15) is 9.59 Å². The summed E-state index contributed by atoms with van der Waals surface area (Å²) in [4.78, 5) is 24.1. The van der Waals surface area contributed by atoms with Crippen molar-refractivity contribution in [3.05, 3.63) is 76.3 Å². The first-order valence-electron chi connectivity index (χ1n) is 8.71. The molecule has 0 atom stereocenters. The molecule has 0 saturated carbocycles. The topological polar surface area (TPSA) is 79.5 Å². The summed E-state index contributed by atoms with van der Waals surface area (Å²) in [6, 6.07) is 18.6. The predicted octanol–water partition coefficient (Wildman–Crippen LogP) is 3.63. The molecule has 3 aromatic carbocycles. The van der Waals surface area contributed by atoms with Crippen molar-refractivity contribution in [1.29, 1.82) is 0 Å². The minimum atomic E-state index is -0.452. The smallest absolute Gasteiger partial charge is 0.269 e. The van der Waals surface area contributed by atoms with Crippen LogP contribution in [-0.4, -0.2) is 23.5 Å². The maximum atomic E-state index is 12.1. The van der Waals surface area contributed by atoms with Crippen molar-refractivity contribution in [2.45, 2.75) is 6.92 Å². The number of fused-ring (bicyclic) bond motifs is 1. The zero-order valence-corrected chi connectivity index (χ0v) is 17.9. The van der Waals surface area contributed by atoms with Gasteiger partial charge < -0.3 is 4.74 Å². The minimum absolute atomic E-state index is 0.0304. The lowest BCUT2D eigenvalue weighted by atomic mass is 10.1. The van der Waals surface area contributed by atoms with Crippen LogP contribution in [0.5, 0.6) is 5.75 Å². The van der Waals surface area contributed by atoms with Gasteiger partial charge in [0.15, 0.2) is 11.7 Å². The zero-order valence-electron chi connectivity index (χ0n) is 15.5. The Morgan fingerprint density at radius 2 is 1.83 bits per heavy atom. The number of aryl methyl sites for hydroxylation is 1. The number of hydrogen-bond donors (Lipinski definition) is 3. The van der Waals surface area contributed by atoms with Gasteiger partial charge >= 0.3 is 0 Å². The van der Waals surface area contributed by atoms with Crippen molar-refractivity contribution < 1.29 is 14.3 Å². The number of thiocarbonyl (C=S) groups is 1. The number of nitrogens with one attached hydrogen (secondary N) is 3. The van der Waals surface area contributed by atoms with Gasteiger partial charge in [-0.2, -0.15) is 0 Å². The van der Waals surface area contributed by atoms with E-state index in [1.54, 1.807) is 24.3 Å². The molecule has 0 aliphatic rings. The van der Waals surface area contributed by atoms with E-state index < -0.39 is 5.91 Å². The second-order valence-electron chi connectivity index (χ2n) is 6.21. The Morgan fingerprint density at radius 1 is 1.03 bits per heavy atom. The Bertz CT molecular complexity index is 1090. The molecular formula is C21H18BrN3O3S. The van der Waals surface area contributed by atoms with Crippen LogP contribution in [0.3, 0.4) is 0 Å². The van der Waals surface area contributed by atoms with E-state index in [0.29, 0.717) is 11.3 Å². The lowest BCUT2D eigenvalue weighted by Crippen LogP contribution is -2.49. The number of benzene rings is 3. The third kappa shape index (κ3) is 5.52. The van der Waals surface area contributed by atoms with Gasteiger partial charge in [-0.05, 0) is 64.0 Å². The van der Waals surface area contributed by atoms with Gasteiger partial charge in [-0.1, -0.05) is 48.0 Å². The van der Waals surface area contributed by atoms with Crippen molar-refractivity contribution in [3.8, 4) is 5.75 Å². The maximum absolute atomic E-state index is 12.1. The van der Waals surface area contributed by atoms with E-state index in [1.807, 2.05) is 43.3 Å². The van der Waals surface area contributed by atoms with E-state index in [2.05, 4.69) is 32.1 Å². The summed E-state index contributed by atoms with van der Waals surface area (Å²) in [7, 11) is 0. The van der Waals surface area contributed by atoms with E-state index in [-0.39, 0.29) is 17.6 Å². The maximum Gasteiger partial charge on any atom is 0.269 e. The highest BCUT2D eigenvalue weighted by molar-refractivity contribution is 9.10. The van der Waals surface area contributed by atoms with E-state index in [4.69, 9.17) is 17.0 Å². The van der Waals surface area contributed by atoms with E-state index in [0.717, 1.165) is 20.8 Å². The molecule has 0 aliphatic heterocycles. The SMILES string of the molecule is Cc1cccc(C(=O)NNC(=S)NC(=O)COc2ccc3ccccc3c2Br)c1. The highest BCUT2D eigenvalue weighted by Crippen LogP contribution is 2.32. The summed E-state index contributed by atoms with van der Waals surface area (Å²) in [5.74, 6) is -0.264. The molecule has 148 valence electrons. The number of hydrazine groups is 1. The van der Waals surface area contributed by atoms with Gasteiger partial charge in [-0.25, -0.2) is 0 Å². The lowest BCUT2D eigenvalue weighted by Gasteiger charge is -2.12. The van der Waals surface area contributed by atoms with Crippen LogP contribution in [0.1, 0.15) is 15.9 Å². The van der Waals surface area contributed by atoms with Crippen LogP contribution in [0.4, 0.5) is 0 Å². The fourth-order valence-corrected chi connectivity index (χ4v) is 3.41. The van der Waals surface area contributed by atoms with Crippen LogP contribution in [0.2, 0.25) is 0 Å². The number of ether oxygens (including phenoxy) is 1. The molecule has 2 amide bonds. The monoisotopic (exact) mass is 471 g/mol. The van der Waals surface area contributed by atoms with Crippen LogP contribution in [0.15, 0.2) is 65.1 Å². The molecular weight excluding hydrogens is 454 g/mol. The second-order valence-corrected chi connectivity index (χ2v) is 7.41. The van der Waals surface area contributed by atoms with Gasteiger partial charge in [-0.15, -0.1) is 0 Å². The number of rotatable bonds is 4. The van der Waals surface area contributed by atoms with E-state index >= 15 is 0 Å². The highest BCUT2D eigenvalue weighted by Gasteiger charge is 2.11. The lowest BCUT2D eigenvalue weighted by molar-refractivity contribution is -0.121. The quantitative estimate of drug-likeness (QED) is 0.399. The minimum Gasteiger partial charge on any atom is -0.483 e. The van der Waals surface area contributed by atoms with Gasteiger partial charge in [0.25, 0.3) is 11.8 Å². The van der Waals surface area contributed by atoms with Crippen LogP contribution in [0, 0.1) is 6.92 Å². The fraction of sp³-hybridized carbons (Fsp3) is 0.0952. The molecule has 3 N–H and O–H groups in total. The average Bonchev–Trinajstić information content (AvgIpc) is 2.71. The number of amides is 2. The molecule has 0 unspecified atom stereocenters. The summed E-state index contributed by atoms with van der Waals surface area (Å²) < 4.78 is 6.35. The van der Waals surface area contributed by atoms with Crippen LogP contribution >= 0.6 is 28.1 Å². The van der Waals surface area contributed by atoms with Crippen molar-refractivity contribution in [3.63, 3.8) is 0 Å².